The molecular weight excluding hydrogens is 451 g/mol. The first-order valence-corrected chi connectivity index (χ1v) is 11.1. The summed E-state index contributed by atoms with van der Waals surface area (Å²) in [5.41, 5.74) is 3.23. The summed E-state index contributed by atoms with van der Waals surface area (Å²) in [5, 5.41) is 1.67. The highest BCUT2D eigenvalue weighted by Gasteiger charge is 2.21. The van der Waals surface area contributed by atoms with Gasteiger partial charge in [0.05, 0.1) is 6.61 Å². The van der Waals surface area contributed by atoms with Crippen molar-refractivity contribution < 1.29 is 13.9 Å². The van der Waals surface area contributed by atoms with Crippen LogP contribution in [0.2, 0.25) is 0 Å². The zero-order chi connectivity index (χ0) is 20.4. The molecule has 0 atom stereocenters. The number of hydrogen-bond donors (Lipinski definition) is 0. The predicted molar refractivity (Wildman–Crippen MR) is 121 cm³/mol. The Kier molecular flexibility index (Phi) is 5.79. The molecule has 0 saturated heterocycles. The molecular formula is C24H18BrFO2S. The second-order valence-electron chi connectivity index (χ2n) is 6.70. The molecule has 0 N–H and O–H groups in total. The lowest BCUT2D eigenvalue weighted by molar-refractivity contribution is 0.104. The summed E-state index contributed by atoms with van der Waals surface area (Å²) in [6.07, 6.45) is 0. The van der Waals surface area contributed by atoms with Gasteiger partial charge in [-0.05, 0) is 60.5 Å². The van der Waals surface area contributed by atoms with E-state index in [2.05, 4.69) is 22.0 Å². The average Bonchev–Trinajstić information content (AvgIpc) is 3.11. The number of ketones is 1. The molecule has 0 unspecified atom stereocenters. The highest BCUT2D eigenvalue weighted by molar-refractivity contribution is 9.09. The first-order chi connectivity index (χ1) is 14.1. The number of fused-ring (bicyclic) bond motifs is 1. The molecule has 29 heavy (non-hydrogen) atoms. The number of carbonyl (C=O) groups is 1. The summed E-state index contributed by atoms with van der Waals surface area (Å²) in [7, 11) is 0. The number of alkyl halides is 1. The van der Waals surface area contributed by atoms with Crippen LogP contribution in [-0.2, 0) is 0 Å². The molecule has 1 heterocycles. The Morgan fingerprint density at radius 1 is 1.03 bits per heavy atom. The fourth-order valence-electron chi connectivity index (χ4n) is 3.24. The first-order valence-electron chi connectivity index (χ1n) is 9.19. The van der Waals surface area contributed by atoms with E-state index in [4.69, 9.17) is 4.74 Å². The van der Waals surface area contributed by atoms with Gasteiger partial charge in [0, 0.05) is 31.4 Å². The van der Waals surface area contributed by atoms with Gasteiger partial charge in [-0.1, -0.05) is 40.2 Å². The van der Waals surface area contributed by atoms with Crippen LogP contribution in [0.3, 0.4) is 0 Å². The molecule has 0 aliphatic rings. The molecule has 0 amide bonds. The number of hydrogen-bond acceptors (Lipinski definition) is 3. The zero-order valence-electron chi connectivity index (χ0n) is 15.7. The molecule has 2 nitrogen and oxygen atoms in total. The maximum Gasteiger partial charge on any atom is 0.195 e. The van der Waals surface area contributed by atoms with Crippen molar-refractivity contribution in [1.29, 1.82) is 0 Å². The lowest BCUT2D eigenvalue weighted by Crippen LogP contribution is -2.03. The number of thiophene rings is 1. The van der Waals surface area contributed by atoms with Gasteiger partial charge in [0.25, 0.3) is 0 Å². The SMILES string of the molecule is Cc1ccc2c(C(=O)c3ccc(OCCBr)cc3)c(-c3ccc(F)cc3)sc2c1. The minimum Gasteiger partial charge on any atom is -0.493 e. The van der Waals surface area contributed by atoms with E-state index in [-0.39, 0.29) is 11.6 Å². The second-order valence-corrected chi connectivity index (χ2v) is 8.55. The molecule has 0 aliphatic heterocycles. The number of halogens is 2. The highest BCUT2D eigenvalue weighted by Crippen LogP contribution is 2.40. The fraction of sp³-hybridized carbons (Fsp3) is 0.125. The highest BCUT2D eigenvalue weighted by atomic mass is 79.9. The van der Waals surface area contributed by atoms with E-state index in [1.165, 1.54) is 12.1 Å². The molecule has 0 saturated carbocycles. The Hall–Kier alpha value is -2.50. The number of rotatable bonds is 6. The largest absolute Gasteiger partial charge is 0.493 e. The molecule has 146 valence electrons. The van der Waals surface area contributed by atoms with Crippen molar-refractivity contribution in [3.05, 3.63) is 89.2 Å². The minimum absolute atomic E-state index is 0.0496. The van der Waals surface area contributed by atoms with Crippen LogP contribution >= 0.6 is 27.3 Å². The molecule has 4 aromatic rings. The van der Waals surface area contributed by atoms with Crippen LogP contribution in [0.5, 0.6) is 5.75 Å². The Labute approximate surface area is 181 Å². The molecule has 4 rings (SSSR count). The number of aryl methyl sites for hydroxylation is 1. The molecule has 3 aromatic carbocycles. The maximum absolute atomic E-state index is 13.5. The monoisotopic (exact) mass is 468 g/mol. The van der Waals surface area contributed by atoms with Crippen molar-refractivity contribution in [2.24, 2.45) is 0 Å². The van der Waals surface area contributed by atoms with Crippen molar-refractivity contribution in [2.45, 2.75) is 6.92 Å². The Bertz CT molecular complexity index is 1160. The Balaban J connectivity index is 1.81. The number of ether oxygens (including phenoxy) is 1. The van der Waals surface area contributed by atoms with E-state index in [9.17, 15) is 9.18 Å². The fourth-order valence-corrected chi connectivity index (χ4v) is 4.70. The minimum atomic E-state index is -0.294. The quantitative estimate of drug-likeness (QED) is 0.224. The summed E-state index contributed by atoms with van der Waals surface area (Å²) >= 11 is 4.89. The lowest BCUT2D eigenvalue weighted by Gasteiger charge is -2.07. The van der Waals surface area contributed by atoms with Gasteiger partial charge in [-0.2, -0.15) is 0 Å². The van der Waals surface area contributed by atoms with E-state index < -0.39 is 0 Å². The summed E-state index contributed by atoms with van der Waals surface area (Å²) in [4.78, 5) is 14.3. The zero-order valence-corrected chi connectivity index (χ0v) is 18.1. The van der Waals surface area contributed by atoms with Crippen LogP contribution in [0.1, 0.15) is 21.5 Å². The van der Waals surface area contributed by atoms with Crippen LogP contribution < -0.4 is 4.74 Å². The van der Waals surface area contributed by atoms with E-state index in [0.29, 0.717) is 17.7 Å². The summed E-state index contributed by atoms with van der Waals surface area (Å²) in [6.45, 7) is 2.60. The van der Waals surface area contributed by atoms with Gasteiger partial charge in [-0.3, -0.25) is 4.79 Å². The van der Waals surface area contributed by atoms with Crippen molar-refractivity contribution in [3.63, 3.8) is 0 Å². The number of benzene rings is 3. The van der Waals surface area contributed by atoms with Crippen molar-refractivity contribution >= 4 is 43.1 Å². The lowest BCUT2D eigenvalue weighted by atomic mass is 9.97. The maximum atomic E-state index is 13.5. The van der Waals surface area contributed by atoms with Crippen LogP contribution in [0.4, 0.5) is 4.39 Å². The van der Waals surface area contributed by atoms with E-state index in [1.807, 2.05) is 31.2 Å². The summed E-state index contributed by atoms with van der Waals surface area (Å²) in [6, 6.07) is 19.6. The van der Waals surface area contributed by atoms with E-state index >= 15 is 0 Å². The van der Waals surface area contributed by atoms with Gasteiger partial charge in [0.15, 0.2) is 5.78 Å². The van der Waals surface area contributed by atoms with Crippen LogP contribution in [0.15, 0.2) is 66.7 Å². The van der Waals surface area contributed by atoms with Gasteiger partial charge in [-0.15, -0.1) is 11.3 Å². The van der Waals surface area contributed by atoms with Gasteiger partial charge in [0.1, 0.15) is 11.6 Å². The smallest absolute Gasteiger partial charge is 0.195 e. The third-order valence-electron chi connectivity index (χ3n) is 4.64. The van der Waals surface area contributed by atoms with Crippen molar-refractivity contribution in [3.8, 4) is 16.2 Å². The predicted octanol–water partition coefficient (Wildman–Crippen LogP) is 7.02. The molecule has 0 spiro atoms. The molecule has 0 bridgehead atoms. The molecule has 5 heteroatoms. The topological polar surface area (TPSA) is 26.3 Å². The third-order valence-corrected chi connectivity index (χ3v) is 6.17. The number of carbonyl (C=O) groups excluding carboxylic acids is 1. The normalized spacial score (nSPS) is 11.0. The Morgan fingerprint density at radius 3 is 2.45 bits per heavy atom. The second kappa shape index (κ2) is 8.47. The first kappa shape index (κ1) is 19.8. The van der Waals surface area contributed by atoms with Gasteiger partial charge < -0.3 is 4.74 Å². The van der Waals surface area contributed by atoms with Crippen LogP contribution in [0, 0.1) is 12.7 Å². The van der Waals surface area contributed by atoms with Crippen molar-refractivity contribution in [1.82, 2.24) is 0 Å². The molecule has 0 fully saturated rings. The molecule has 0 aliphatic carbocycles. The van der Waals surface area contributed by atoms with Gasteiger partial charge in [0.2, 0.25) is 0 Å². The standard InChI is InChI=1S/C24H18BrFO2S/c1-15-2-11-20-21(14-15)29-24(17-3-7-18(26)8-4-17)22(20)23(27)16-5-9-19(10-6-16)28-13-12-25/h2-11,14H,12-13H2,1H3. The van der Waals surface area contributed by atoms with Crippen LogP contribution in [0.25, 0.3) is 20.5 Å². The van der Waals surface area contributed by atoms with Gasteiger partial charge >= 0.3 is 0 Å². The summed E-state index contributed by atoms with van der Waals surface area (Å²) in [5.74, 6) is 0.384. The summed E-state index contributed by atoms with van der Waals surface area (Å²) < 4.78 is 20.1. The van der Waals surface area contributed by atoms with E-state index in [1.54, 1.807) is 35.6 Å². The van der Waals surface area contributed by atoms with Crippen molar-refractivity contribution in [2.75, 3.05) is 11.9 Å². The van der Waals surface area contributed by atoms with Crippen LogP contribution in [-0.4, -0.2) is 17.7 Å². The van der Waals surface area contributed by atoms with Gasteiger partial charge in [-0.25, -0.2) is 4.39 Å². The third kappa shape index (κ3) is 4.11. The van der Waals surface area contributed by atoms with E-state index in [0.717, 1.165) is 37.2 Å². The average molecular weight is 469 g/mol. The molecule has 0 radical (unpaired) electrons. The Morgan fingerprint density at radius 2 is 1.76 bits per heavy atom. The molecule has 1 aromatic heterocycles.